The summed E-state index contributed by atoms with van der Waals surface area (Å²) in [5.74, 6) is -1.66. The number of hydrogen-bond acceptors (Lipinski definition) is 17. The average molecular weight is 891 g/mol. The summed E-state index contributed by atoms with van der Waals surface area (Å²) in [6, 6.07) is 13.4. The van der Waals surface area contributed by atoms with Crippen LogP contribution < -0.4 is 14.4 Å². The highest BCUT2D eigenvalue weighted by atomic mass is 32.2. The van der Waals surface area contributed by atoms with Crippen molar-refractivity contribution in [1.29, 1.82) is 0 Å². The number of alkyl halides is 3. The van der Waals surface area contributed by atoms with Crippen molar-refractivity contribution in [2.45, 2.75) is 17.7 Å². The fourth-order valence-electron chi connectivity index (χ4n) is 5.37. The van der Waals surface area contributed by atoms with E-state index in [0.717, 1.165) is 12.1 Å². The number of nitrogens with one attached hydrogen (secondary N) is 1. The lowest BCUT2D eigenvalue weighted by Crippen LogP contribution is -2.28. The van der Waals surface area contributed by atoms with Crippen LogP contribution in [0.4, 0.5) is 37.2 Å². The third-order valence-electron chi connectivity index (χ3n) is 8.35. The standard InChI is InChI=1S/C17H15FN6O3.C14H9F4N5O3S.C4H7NO3/c1-23-21-16(20-22-23)15-5-2-10(7-19-15)13-4-3-11(6-14(13)18)24-8-12(9-25)27-17(24)26;1-23-21-13(20-22-23)12-5-2-8(7-19-12)10-4-3-9(6-11(10)15)26-27(24,25)14(16,17)18;6-2-3-1-5-4(7)8-3/h2-7,12,25H,8-9H2,1H3;2-7H,1H3;3,6H,1-2H2,(H,5,7)/t12-;;3-/m1.1/s1. The van der Waals surface area contributed by atoms with E-state index in [4.69, 9.17) is 14.9 Å². The Labute approximate surface area is 345 Å². The van der Waals surface area contributed by atoms with E-state index < -0.39 is 51.3 Å². The first-order valence-corrected chi connectivity index (χ1v) is 19.0. The number of amides is 2. The zero-order chi connectivity index (χ0) is 44.8. The Bertz CT molecular complexity index is 2650. The number of ether oxygens (including phenoxy) is 2. The smallest absolute Gasteiger partial charge is 0.442 e. The van der Waals surface area contributed by atoms with Gasteiger partial charge in [-0.2, -0.15) is 31.2 Å². The van der Waals surface area contributed by atoms with Crippen LogP contribution in [0.1, 0.15) is 0 Å². The lowest BCUT2D eigenvalue weighted by Gasteiger charge is -2.14. The Morgan fingerprint density at radius 1 is 0.790 bits per heavy atom. The first-order valence-electron chi connectivity index (χ1n) is 17.6. The van der Waals surface area contributed by atoms with Crippen molar-refractivity contribution < 1.29 is 63.8 Å². The maximum absolute atomic E-state index is 14.6. The number of halogens is 5. The van der Waals surface area contributed by atoms with Crippen LogP contribution >= 0.6 is 0 Å². The Hall–Kier alpha value is -7.26. The molecule has 2 aromatic carbocycles. The summed E-state index contributed by atoms with van der Waals surface area (Å²) in [4.78, 5) is 34.2. The van der Waals surface area contributed by atoms with Crippen molar-refractivity contribution in [3.63, 3.8) is 0 Å². The Morgan fingerprint density at radius 3 is 1.73 bits per heavy atom. The van der Waals surface area contributed by atoms with Crippen LogP contribution in [-0.4, -0.2) is 125 Å². The molecule has 3 N–H and O–H groups in total. The number of pyridine rings is 2. The molecule has 2 amide bonds. The van der Waals surface area contributed by atoms with Gasteiger partial charge in [0.1, 0.15) is 41.0 Å². The number of hydrogen-bond donors (Lipinski definition) is 3. The van der Waals surface area contributed by atoms with Gasteiger partial charge in [0.25, 0.3) is 0 Å². The Kier molecular flexibility index (Phi) is 13.3. The normalized spacial score (nSPS) is 16.0. The molecule has 8 rings (SSSR count). The maximum Gasteiger partial charge on any atom is 0.534 e. The number of alkyl carbamates (subject to hydrolysis) is 1. The van der Waals surface area contributed by atoms with Crippen LogP contribution in [0.15, 0.2) is 73.1 Å². The van der Waals surface area contributed by atoms with Gasteiger partial charge in [-0.25, -0.2) is 18.4 Å². The molecular formula is C35H31F5N12O9S. The summed E-state index contributed by atoms with van der Waals surface area (Å²) in [6.07, 6.45) is 0.842. The predicted octanol–water partition coefficient (Wildman–Crippen LogP) is 2.79. The SMILES string of the molecule is Cn1nnc(-c2ccc(-c3ccc(N4C[C@H](CO)OC4=O)cc3F)cn2)n1.Cn1nnc(-c2ccc(-c3ccc(OS(=O)(=O)C(F)(F)F)cc3F)cn2)n1.O=C1NC[C@H](CO)O1. The van der Waals surface area contributed by atoms with Gasteiger partial charge < -0.3 is 29.2 Å². The van der Waals surface area contributed by atoms with Crippen molar-refractivity contribution >= 4 is 28.0 Å². The second-order valence-corrected chi connectivity index (χ2v) is 14.3. The van der Waals surface area contributed by atoms with Crippen LogP contribution in [0, 0.1) is 11.6 Å². The molecule has 27 heteroatoms. The number of cyclic esters (lactones) is 2. The molecule has 326 valence electrons. The van der Waals surface area contributed by atoms with Crippen LogP contribution in [-0.2, 0) is 33.7 Å². The molecule has 0 spiro atoms. The van der Waals surface area contributed by atoms with E-state index >= 15 is 0 Å². The summed E-state index contributed by atoms with van der Waals surface area (Å²) < 4.78 is 101. The molecule has 0 radical (unpaired) electrons. The third kappa shape index (κ3) is 10.5. The Morgan fingerprint density at radius 2 is 1.34 bits per heavy atom. The van der Waals surface area contributed by atoms with Gasteiger partial charge in [-0.3, -0.25) is 14.9 Å². The number of rotatable bonds is 9. The summed E-state index contributed by atoms with van der Waals surface area (Å²) >= 11 is 0. The molecule has 21 nitrogen and oxygen atoms in total. The highest BCUT2D eigenvalue weighted by Crippen LogP contribution is 2.32. The van der Waals surface area contributed by atoms with E-state index in [1.54, 1.807) is 38.4 Å². The summed E-state index contributed by atoms with van der Waals surface area (Å²) in [6.45, 7) is 0.227. The summed E-state index contributed by atoms with van der Waals surface area (Å²) in [7, 11) is -2.65. The number of aliphatic hydroxyl groups is 2. The van der Waals surface area contributed by atoms with Crippen molar-refractivity contribution in [2.75, 3.05) is 31.2 Å². The molecule has 0 unspecified atom stereocenters. The molecule has 6 heterocycles. The van der Waals surface area contributed by atoms with Crippen molar-refractivity contribution in [1.82, 2.24) is 55.7 Å². The number of tetrazole rings is 2. The highest BCUT2D eigenvalue weighted by Gasteiger charge is 2.48. The molecule has 2 saturated heterocycles. The van der Waals surface area contributed by atoms with Crippen LogP contribution in [0.3, 0.4) is 0 Å². The number of benzene rings is 2. The van der Waals surface area contributed by atoms with Crippen molar-refractivity contribution in [2.24, 2.45) is 14.1 Å². The molecule has 2 aliphatic rings. The van der Waals surface area contributed by atoms with Gasteiger partial charge in [-0.15, -0.1) is 20.4 Å². The van der Waals surface area contributed by atoms with Gasteiger partial charge in [0.15, 0.2) is 0 Å². The zero-order valence-electron chi connectivity index (χ0n) is 31.9. The minimum Gasteiger partial charge on any atom is -0.442 e. The number of carbonyl (C=O) groups excluding carboxylic acids is 2. The minimum absolute atomic E-state index is 0.0158. The lowest BCUT2D eigenvalue weighted by atomic mass is 10.1. The van der Waals surface area contributed by atoms with E-state index in [2.05, 4.69) is 55.0 Å². The number of aliphatic hydroxyl groups excluding tert-OH is 2. The van der Waals surface area contributed by atoms with Crippen LogP contribution in [0.25, 0.3) is 45.3 Å². The molecule has 0 aliphatic carbocycles. The van der Waals surface area contributed by atoms with Gasteiger partial charge in [-0.05, 0) is 52.9 Å². The van der Waals surface area contributed by atoms with E-state index in [1.165, 1.54) is 45.1 Å². The molecule has 0 bridgehead atoms. The summed E-state index contributed by atoms with van der Waals surface area (Å²) in [5.41, 5.74) is -3.15. The number of anilines is 1. The Balaban J connectivity index is 0.000000176. The molecule has 6 aromatic rings. The van der Waals surface area contributed by atoms with Gasteiger partial charge >= 0.3 is 27.8 Å². The second kappa shape index (κ2) is 18.6. The first kappa shape index (κ1) is 44.3. The van der Waals surface area contributed by atoms with E-state index in [-0.39, 0.29) is 37.3 Å². The van der Waals surface area contributed by atoms with E-state index in [9.17, 15) is 40.0 Å². The lowest BCUT2D eigenvalue weighted by molar-refractivity contribution is -0.0500. The zero-order valence-corrected chi connectivity index (χ0v) is 32.7. The fourth-order valence-corrected chi connectivity index (χ4v) is 5.82. The number of nitrogens with zero attached hydrogens (tertiary/aromatic N) is 11. The predicted molar refractivity (Wildman–Crippen MR) is 201 cm³/mol. The molecule has 62 heavy (non-hydrogen) atoms. The van der Waals surface area contributed by atoms with Gasteiger partial charge in [0, 0.05) is 40.7 Å². The number of carbonyl (C=O) groups is 2. The van der Waals surface area contributed by atoms with Crippen molar-refractivity contribution in [3.05, 3.63) is 84.7 Å². The highest BCUT2D eigenvalue weighted by molar-refractivity contribution is 7.88. The van der Waals surface area contributed by atoms with Gasteiger partial charge in [0.2, 0.25) is 11.6 Å². The molecule has 2 atom stereocenters. The second-order valence-electron chi connectivity index (χ2n) is 12.7. The molecular weight excluding hydrogens is 860 g/mol. The number of aryl methyl sites for hydroxylation is 2. The van der Waals surface area contributed by atoms with E-state index in [1.807, 2.05) is 0 Å². The molecule has 4 aromatic heterocycles. The first-order chi connectivity index (χ1) is 29.4. The van der Waals surface area contributed by atoms with Crippen LogP contribution in [0.5, 0.6) is 5.75 Å². The monoisotopic (exact) mass is 890 g/mol. The molecule has 0 saturated carbocycles. The fraction of sp³-hybridized carbons (Fsp3) is 0.257. The van der Waals surface area contributed by atoms with Crippen molar-refractivity contribution in [3.8, 4) is 51.0 Å². The number of aromatic nitrogens is 10. The van der Waals surface area contributed by atoms with E-state index in [0.29, 0.717) is 52.2 Å². The van der Waals surface area contributed by atoms with Crippen LogP contribution in [0.2, 0.25) is 0 Å². The minimum atomic E-state index is -5.88. The quantitative estimate of drug-likeness (QED) is 0.107. The largest absolute Gasteiger partial charge is 0.534 e. The summed E-state index contributed by atoms with van der Waals surface area (Å²) in [5, 5.41) is 43.0. The average Bonchev–Trinajstić information content (AvgIpc) is 4.06. The van der Waals surface area contributed by atoms with Gasteiger partial charge in [0.05, 0.1) is 46.1 Å². The maximum atomic E-state index is 14.6. The van der Waals surface area contributed by atoms with Gasteiger partial charge in [-0.1, -0.05) is 12.1 Å². The molecule has 2 aliphatic heterocycles. The third-order valence-corrected chi connectivity index (χ3v) is 9.33. The molecule has 2 fully saturated rings. The topological polar surface area (TPSA) is 265 Å².